The number of hydrogen-bond donors (Lipinski definition) is 5. The fourth-order valence-electron chi connectivity index (χ4n) is 2.15. The van der Waals surface area contributed by atoms with E-state index >= 15 is 0 Å². The minimum absolute atomic E-state index is 0.0221. The van der Waals surface area contributed by atoms with Crippen LogP contribution < -0.4 is 5.32 Å². The van der Waals surface area contributed by atoms with Crippen LogP contribution in [-0.2, 0) is 16.1 Å². The Hall–Kier alpha value is -1.71. The number of aliphatic hydroxyl groups is 4. The van der Waals surface area contributed by atoms with E-state index in [1.165, 1.54) is 0 Å². The van der Waals surface area contributed by atoms with E-state index in [-0.39, 0.29) is 6.61 Å². The van der Waals surface area contributed by atoms with Gasteiger partial charge in [0, 0.05) is 0 Å². The van der Waals surface area contributed by atoms with Crippen LogP contribution in [0.2, 0.25) is 0 Å². The number of amides is 1. The molecule has 8 nitrogen and oxygen atoms in total. The number of rotatable bonds is 4. The molecule has 0 aliphatic carbocycles. The summed E-state index contributed by atoms with van der Waals surface area (Å²) < 4.78 is 9.88. The number of ether oxygens (including phenoxy) is 2. The summed E-state index contributed by atoms with van der Waals surface area (Å²) in [5, 5.41) is 40.5. The van der Waals surface area contributed by atoms with Crippen molar-refractivity contribution in [3.8, 4) is 0 Å². The lowest BCUT2D eigenvalue weighted by Crippen LogP contribution is -2.64. The summed E-state index contributed by atoms with van der Waals surface area (Å²) in [5.41, 5.74) is 0.777. The molecule has 5 N–H and O–H groups in total. The molecule has 1 saturated heterocycles. The molecule has 0 saturated carbocycles. The number of aliphatic hydroxyl groups excluding tert-OH is 4. The lowest BCUT2D eigenvalue weighted by Gasteiger charge is -2.39. The molecule has 5 atom stereocenters. The predicted octanol–water partition coefficient (Wildman–Crippen LogP) is -1.29. The Bertz CT molecular complexity index is 483. The normalized spacial score (nSPS) is 31.5. The highest BCUT2D eigenvalue weighted by Gasteiger charge is 2.44. The van der Waals surface area contributed by atoms with E-state index in [1.807, 2.05) is 6.07 Å². The van der Waals surface area contributed by atoms with Crippen LogP contribution in [0.4, 0.5) is 4.79 Å². The van der Waals surface area contributed by atoms with Crippen molar-refractivity contribution < 1.29 is 34.7 Å². The van der Waals surface area contributed by atoms with E-state index in [0.717, 1.165) is 5.56 Å². The van der Waals surface area contributed by atoms with E-state index in [2.05, 4.69) is 5.32 Å². The van der Waals surface area contributed by atoms with Gasteiger partial charge in [-0.3, -0.25) is 0 Å². The quantitative estimate of drug-likeness (QED) is 0.468. The van der Waals surface area contributed by atoms with Gasteiger partial charge >= 0.3 is 6.09 Å². The Kier molecular flexibility index (Phi) is 5.69. The Labute approximate surface area is 126 Å². The molecule has 0 bridgehead atoms. The van der Waals surface area contributed by atoms with Crippen molar-refractivity contribution in [2.24, 2.45) is 0 Å². The SMILES string of the molecule is O=C(N[C@H]1[C@H](O)[C@H](O)[C@H](CO)O[C@@H]1O)OCc1ccccc1. The topological polar surface area (TPSA) is 128 Å². The molecule has 1 aromatic carbocycles. The predicted molar refractivity (Wildman–Crippen MR) is 73.5 cm³/mol. The monoisotopic (exact) mass is 313 g/mol. The summed E-state index contributed by atoms with van der Waals surface area (Å²) in [4.78, 5) is 11.7. The highest BCUT2D eigenvalue weighted by molar-refractivity contribution is 5.67. The van der Waals surface area contributed by atoms with Crippen LogP contribution in [0.25, 0.3) is 0 Å². The van der Waals surface area contributed by atoms with Gasteiger partial charge in [-0.15, -0.1) is 0 Å². The molecule has 0 aromatic heterocycles. The standard InChI is InChI=1S/C14H19NO7/c16-6-9-11(17)12(18)10(13(19)22-9)15-14(20)21-7-8-4-2-1-3-5-8/h1-5,9-13,16-19H,6-7H2,(H,15,20)/t9-,10-,11+,12-,13-/m0/s1. The number of hydrogen-bond acceptors (Lipinski definition) is 7. The van der Waals surface area contributed by atoms with Crippen molar-refractivity contribution in [3.63, 3.8) is 0 Å². The van der Waals surface area contributed by atoms with Crippen molar-refractivity contribution in [2.45, 2.75) is 37.3 Å². The van der Waals surface area contributed by atoms with Gasteiger partial charge in [0.25, 0.3) is 0 Å². The molecular weight excluding hydrogens is 294 g/mol. The Morgan fingerprint density at radius 3 is 2.50 bits per heavy atom. The van der Waals surface area contributed by atoms with Crippen molar-refractivity contribution in [1.82, 2.24) is 5.32 Å². The first-order valence-corrected chi connectivity index (χ1v) is 6.80. The number of nitrogens with one attached hydrogen (secondary N) is 1. The van der Waals surface area contributed by atoms with Gasteiger partial charge in [-0.2, -0.15) is 0 Å². The number of carbonyl (C=O) groups excluding carboxylic acids is 1. The summed E-state index contributed by atoms with van der Waals surface area (Å²) in [6.45, 7) is -0.547. The summed E-state index contributed by atoms with van der Waals surface area (Å²) in [5.74, 6) is 0. The lowest BCUT2D eigenvalue weighted by atomic mass is 9.97. The fraction of sp³-hybridized carbons (Fsp3) is 0.500. The average molecular weight is 313 g/mol. The van der Waals surface area contributed by atoms with Crippen molar-refractivity contribution in [2.75, 3.05) is 6.61 Å². The Balaban J connectivity index is 1.87. The summed E-state index contributed by atoms with van der Waals surface area (Å²) in [7, 11) is 0. The van der Waals surface area contributed by atoms with Crippen LogP contribution in [-0.4, -0.2) is 63.8 Å². The molecule has 122 valence electrons. The summed E-state index contributed by atoms with van der Waals surface area (Å²) in [6.07, 6.45) is -6.49. The lowest BCUT2D eigenvalue weighted by molar-refractivity contribution is -0.253. The van der Waals surface area contributed by atoms with E-state index in [4.69, 9.17) is 14.6 Å². The van der Waals surface area contributed by atoms with Gasteiger partial charge in [-0.25, -0.2) is 4.79 Å². The second kappa shape index (κ2) is 7.52. The summed E-state index contributed by atoms with van der Waals surface area (Å²) in [6, 6.07) is 7.71. The van der Waals surface area contributed by atoms with Gasteiger partial charge in [-0.05, 0) is 5.56 Å². The third-order valence-corrected chi connectivity index (χ3v) is 3.40. The second-order valence-electron chi connectivity index (χ2n) is 4.96. The maximum atomic E-state index is 11.7. The van der Waals surface area contributed by atoms with Gasteiger partial charge in [0.05, 0.1) is 6.61 Å². The summed E-state index contributed by atoms with van der Waals surface area (Å²) >= 11 is 0. The highest BCUT2D eigenvalue weighted by Crippen LogP contribution is 2.19. The van der Waals surface area contributed by atoms with Crippen molar-refractivity contribution in [3.05, 3.63) is 35.9 Å². The highest BCUT2D eigenvalue weighted by atomic mass is 16.6. The van der Waals surface area contributed by atoms with E-state index in [9.17, 15) is 20.1 Å². The average Bonchev–Trinajstić information content (AvgIpc) is 2.54. The molecule has 8 heteroatoms. The third kappa shape index (κ3) is 3.93. The zero-order chi connectivity index (χ0) is 16.1. The zero-order valence-electron chi connectivity index (χ0n) is 11.7. The molecule has 0 spiro atoms. The Morgan fingerprint density at radius 2 is 1.86 bits per heavy atom. The van der Waals surface area contributed by atoms with Crippen LogP contribution in [0.1, 0.15) is 5.56 Å². The molecule has 1 aliphatic heterocycles. The Morgan fingerprint density at radius 1 is 1.18 bits per heavy atom. The fourth-order valence-corrected chi connectivity index (χ4v) is 2.15. The molecule has 1 aromatic rings. The van der Waals surface area contributed by atoms with Crippen LogP contribution in [0.3, 0.4) is 0 Å². The first-order valence-electron chi connectivity index (χ1n) is 6.80. The zero-order valence-corrected chi connectivity index (χ0v) is 11.7. The molecule has 1 aliphatic rings. The van der Waals surface area contributed by atoms with E-state index in [1.54, 1.807) is 24.3 Å². The maximum Gasteiger partial charge on any atom is 0.407 e. The number of carbonyl (C=O) groups is 1. The number of alkyl carbamates (subject to hydrolysis) is 1. The van der Waals surface area contributed by atoms with Gasteiger partial charge in [-0.1, -0.05) is 30.3 Å². The minimum Gasteiger partial charge on any atom is -0.445 e. The van der Waals surface area contributed by atoms with Crippen molar-refractivity contribution >= 4 is 6.09 Å². The van der Waals surface area contributed by atoms with Crippen LogP contribution in [0, 0.1) is 0 Å². The van der Waals surface area contributed by atoms with Gasteiger partial charge in [0.15, 0.2) is 6.29 Å². The second-order valence-corrected chi connectivity index (χ2v) is 4.96. The van der Waals surface area contributed by atoms with Gasteiger partial charge < -0.3 is 35.2 Å². The molecule has 22 heavy (non-hydrogen) atoms. The van der Waals surface area contributed by atoms with E-state index < -0.39 is 43.3 Å². The van der Waals surface area contributed by atoms with Gasteiger partial charge in [0.2, 0.25) is 0 Å². The molecule has 1 fully saturated rings. The van der Waals surface area contributed by atoms with Crippen LogP contribution >= 0.6 is 0 Å². The third-order valence-electron chi connectivity index (χ3n) is 3.40. The molecule has 1 heterocycles. The van der Waals surface area contributed by atoms with Crippen LogP contribution in [0.5, 0.6) is 0 Å². The smallest absolute Gasteiger partial charge is 0.407 e. The van der Waals surface area contributed by atoms with E-state index in [0.29, 0.717) is 0 Å². The largest absolute Gasteiger partial charge is 0.445 e. The van der Waals surface area contributed by atoms with Crippen LogP contribution in [0.15, 0.2) is 30.3 Å². The molecular formula is C14H19NO7. The number of benzene rings is 1. The van der Waals surface area contributed by atoms with Crippen molar-refractivity contribution in [1.29, 1.82) is 0 Å². The first-order chi connectivity index (χ1) is 10.5. The maximum absolute atomic E-state index is 11.7. The first kappa shape index (κ1) is 16.7. The minimum atomic E-state index is -1.57. The molecule has 2 rings (SSSR count). The molecule has 0 unspecified atom stereocenters. The van der Waals surface area contributed by atoms with Gasteiger partial charge in [0.1, 0.15) is 31.0 Å². The molecule has 0 radical (unpaired) electrons. The molecule has 1 amide bonds.